The average molecular weight is 331 g/mol. The first-order valence-electron chi connectivity index (χ1n) is 8.14. The number of fused-ring (bicyclic) bond motifs is 2. The summed E-state index contributed by atoms with van der Waals surface area (Å²) in [6.07, 6.45) is 1.88. The molecule has 0 amide bonds. The zero-order valence-corrected chi connectivity index (χ0v) is 14.1. The summed E-state index contributed by atoms with van der Waals surface area (Å²) in [7, 11) is 0. The van der Waals surface area contributed by atoms with Gasteiger partial charge in [-0.15, -0.1) is 0 Å². The zero-order valence-electron chi connectivity index (χ0n) is 14.1. The van der Waals surface area contributed by atoms with Crippen LogP contribution in [0.3, 0.4) is 0 Å². The van der Waals surface area contributed by atoms with E-state index in [1.165, 1.54) is 24.3 Å². The van der Waals surface area contributed by atoms with Crippen LogP contribution in [0, 0.1) is 32.8 Å². The fourth-order valence-corrected chi connectivity index (χ4v) is 4.43. The summed E-state index contributed by atoms with van der Waals surface area (Å²) in [4.78, 5) is 35.0. The third-order valence-electron chi connectivity index (χ3n) is 6.38. The van der Waals surface area contributed by atoms with E-state index in [0.717, 1.165) is 12.8 Å². The van der Waals surface area contributed by atoms with Crippen molar-refractivity contribution >= 4 is 17.4 Å². The number of hydrogen-bond donors (Lipinski definition) is 0. The molecule has 3 rings (SSSR count). The number of nitro groups is 1. The van der Waals surface area contributed by atoms with Gasteiger partial charge in [-0.3, -0.25) is 14.9 Å². The summed E-state index contributed by atoms with van der Waals surface area (Å²) in [6.45, 7) is 6.35. The van der Waals surface area contributed by atoms with Gasteiger partial charge in [0.1, 0.15) is 12.4 Å². The van der Waals surface area contributed by atoms with Crippen LogP contribution >= 0.6 is 0 Å². The quantitative estimate of drug-likeness (QED) is 0.479. The summed E-state index contributed by atoms with van der Waals surface area (Å²) in [6, 6.07) is 5.27. The number of esters is 1. The van der Waals surface area contributed by atoms with Crippen LogP contribution < -0.4 is 0 Å². The van der Waals surface area contributed by atoms with Gasteiger partial charge in [0.05, 0.1) is 16.4 Å². The lowest BCUT2D eigenvalue weighted by Crippen LogP contribution is -2.34. The monoisotopic (exact) mass is 331 g/mol. The second-order valence-electron chi connectivity index (χ2n) is 7.57. The van der Waals surface area contributed by atoms with Gasteiger partial charge in [-0.2, -0.15) is 0 Å². The van der Waals surface area contributed by atoms with Crippen molar-refractivity contribution in [2.75, 3.05) is 6.61 Å². The Balaban J connectivity index is 1.67. The van der Waals surface area contributed by atoms with Crippen molar-refractivity contribution in [2.45, 2.75) is 33.6 Å². The van der Waals surface area contributed by atoms with Crippen LogP contribution in [-0.4, -0.2) is 23.3 Å². The molecule has 6 nitrogen and oxygen atoms in total. The van der Waals surface area contributed by atoms with Crippen molar-refractivity contribution in [1.82, 2.24) is 0 Å². The maximum absolute atomic E-state index is 12.7. The molecule has 2 aliphatic rings. The summed E-state index contributed by atoms with van der Waals surface area (Å²) in [5.41, 5.74) is -0.234. The van der Waals surface area contributed by atoms with Crippen molar-refractivity contribution < 1.29 is 19.2 Å². The second kappa shape index (κ2) is 5.40. The van der Waals surface area contributed by atoms with E-state index in [1.54, 1.807) is 0 Å². The SMILES string of the molecule is CC1(C)[C@H]2CC[C@]1(C)C(=O)[C@@H]2COC(=O)c1ccc([N+](=O)[O-])cc1. The van der Waals surface area contributed by atoms with Crippen LogP contribution in [-0.2, 0) is 9.53 Å². The number of hydrogen-bond acceptors (Lipinski definition) is 5. The zero-order chi connectivity index (χ0) is 17.7. The van der Waals surface area contributed by atoms with Crippen LogP contribution in [0.4, 0.5) is 5.69 Å². The molecule has 2 saturated carbocycles. The van der Waals surface area contributed by atoms with Crippen LogP contribution in [0.1, 0.15) is 44.0 Å². The summed E-state index contributed by atoms with van der Waals surface area (Å²) >= 11 is 0. The lowest BCUT2D eigenvalue weighted by atomic mass is 9.70. The number of Topliss-reactive ketones (excluding diaryl/α,β-unsaturated/α-hetero) is 1. The summed E-state index contributed by atoms with van der Waals surface area (Å²) < 4.78 is 5.34. The Labute approximate surface area is 140 Å². The van der Waals surface area contributed by atoms with Gasteiger partial charge < -0.3 is 4.74 Å². The van der Waals surface area contributed by atoms with Gasteiger partial charge >= 0.3 is 5.97 Å². The lowest BCUT2D eigenvalue weighted by molar-refractivity contribution is -0.384. The predicted octanol–water partition coefficient (Wildman–Crippen LogP) is 3.39. The summed E-state index contributed by atoms with van der Waals surface area (Å²) in [5.74, 6) is -0.371. The number of nitro benzene ring substituents is 1. The molecule has 0 saturated heterocycles. The van der Waals surface area contributed by atoms with Gasteiger partial charge in [-0.05, 0) is 36.3 Å². The molecule has 1 aromatic carbocycles. The maximum Gasteiger partial charge on any atom is 0.338 e. The molecule has 2 bridgehead atoms. The second-order valence-corrected chi connectivity index (χ2v) is 7.57. The normalized spacial score (nSPS) is 30.4. The molecule has 0 aliphatic heterocycles. The van der Waals surface area contributed by atoms with Gasteiger partial charge in [0.2, 0.25) is 0 Å². The predicted molar refractivity (Wildman–Crippen MR) is 86.5 cm³/mol. The molecule has 0 spiro atoms. The highest BCUT2D eigenvalue weighted by Crippen LogP contribution is 2.65. The Bertz CT molecular complexity index is 709. The van der Waals surface area contributed by atoms with Crippen molar-refractivity contribution in [2.24, 2.45) is 22.7 Å². The highest BCUT2D eigenvalue weighted by molar-refractivity contribution is 5.93. The average Bonchev–Trinajstić information content (AvgIpc) is 2.85. The minimum Gasteiger partial charge on any atom is -0.461 e. The topological polar surface area (TPSA) is 86.5 Å². The standard InChI is InChI=1S/C18H21NO5/c1-17(2)14-8-9-18(17,3)15(20)13(14)10-24-16(21)11-4-6-12(7-5-11)19(22)23/h4-7,13-14H,8-10H2,1-3H3/t13-,14+,18-/m1/s1. The molecule has 128 valence electrons. The molecular weight excluding hydrogens is 310 g/mol. The van der Waals surface area contributed by atoms with Crippen molar-refractivity contribution in [1.29, 1.82) is 0 Å². The van der Waals surface area contributed by atoms with E-state index in [-0.39, 0.29) is 46.3 Å². The molecule has 0 N–H and O–H groups in total. The minimum absolute atomic E-state index is 0.0749. The van der Waals surface area contributed by atoms with Crippen LogP contribution in [0.25, 0.3) is 0 Å². The number of ketones is 1. The smallest absolute Gasteiger partial charge is 0.338 e. The highest BCUT2D eigenvalue weighted by Gasteiger charge is 2.66. The van der Waals surface area contributed by atoms with E-state index < -0.39 is 10.9 Å². The van der Waals surface area contributed by atoms with Gasteiger partial charge in [0.15, 0.2) is 0 Å². The number of ether oxygens (including phenoxy) is 1. The fourth-order valence-electron chi connectivity index (χ4n) is 4.43. The Morgan fingerprint density at radius 3 is 2.42 bits per heavy atom. The number of carbonyl (C=O) groups is 2. The number of non-ortho nitro benzene ring substituents is 1. The number of nitrogens with zero attached hydrogens (tertiary/aromatic N) is 1. The summed E-state index contributed by atoms with van der Waals surface area (Å²) in [5, 5.41) is 10.6. The Kier molecular flexibility index (Phi) is 3.73. The van der Waals surface area contributed by atoms with E-state index in [1.807, 2.05) is 6.92 Å². The number of carbonyl (C=O) groups excluding carboxylic acids is 2. The molecule has 0 unspecified atom stereocenters. The first kappa shape index (κ1) is 16.6. The molecule has 0 heterocycles. The molecule has 0 aromatic heterocycles. The Morgan fingerprint density at radius 1 is 1.29 bits per heavy atom. The van der Waals surface area contributed by atoms with Gasteiger partial charge in [-0.1, -0.05) is 20.8 Å². The molecular formula is C18H21NO5. The Hall–Kier alpha value is -2.24. The maximum atomic E-state index is 12.7. The third kappa shape index (κ3) is 2.24. The van der Waals surface area contributed by atoms with E-state index >= 15 is 0 Å². The van der Waals surface area contributed by atoms with Gasteiger partial charge in [0.25, 0.3) is 5.69 Å². The molecule has 3 atom stereocenters. The largest absolute Gasteiger partial charge is 0.461 e. The molecule has 24 heavy (non-hydrogen) atoms. The van der Waals surface area contributed by atoms with Gasteiger partial charge in [-0.25, -0.2) is 4.79 Å². The van der Waals surface area contributed by atoms with Crippen LogP contribution in [0.2, 0.25) is 0 Å². The fraction of sp³-hybridized carbons (Fsp3) is 0.556. The molecule has 0 radical (unpaired) electrons. The first-order valence-corrected chi connectivity index (χ1v) is 8.14. The third-order valence-corrected chi connectivity index (χ3v) is 6.38. The highest BCUT2D eigenvalue weighted by atomic mass is 16.6. The molecule has 2 aliphatic carbocycles. The van der Waals surface area contributed by atoms with Crippen molar-refractivity contribution in [3.63, 3.8) is 0 Å². The first-order chi connectivity index (χ1) is 11.2. The van der Waals surface area contributed by atoms with Crippen molar-refractivity contribution in [3.8, 4) is 0 Å². The minimum atomic E-state index is -0.552. The van der Waals surface area contributed by atoms with Crippen LogP contribution in [0.5, 0.6) is 0 Å². The van der Waals surface area contributed by atoms with Gasteiger partial charge in [0, 0.05) is 17.5 Å². The van der Waals surface area contributed by atoms with E-state index in [2.05, 4.69) is 13.8 Å². The molecule has 2 fully saturated rings. The molecule has 1 aromatic rings. The van der Waals surface area contributed by atoms with E-state index in [9.17, 15) is 19.7 Å². The van der Waals surface area contributed by atoms with E-state index in [0.29, 0.717) is 0 Å². The van der Waals surface area contributed by atoms with E-state index in [4.69, 9.17) is 4.74 Å². The van der Waals surface area contributed by atoms with Crippen LogP contribution in [0.15, 0.2) is 24.3 Å². The lowest BCUT2D eigenvalue weighted by Gasteiger charge is -2.32. The molecule has 6 heteroatoms. The Morgan fingerprint density at radius 2 is 1.92 bits per heavy atom. The van der Waals surface area contributed by atoms with Crippen molar-refractivity contribution in [3.05, 3.63) is 39.9 Å². The number of benzene rings is 1. The number of rotatable bonds is 4.